The van der Waals surface area contributed by atoms with Crippen molar-refractivity contribution in [3.8, 4) is 5.75 Å². The highest BCUT2D eigenvalue weighted by Gasteiger charge is 2.26. The Labute approximate surface area is 168 Å². The van der Waals surface area contributed by atoms with Crippen molar-refractivity contribution in [3.63, 3.8) is 0 Å². The van der Waals surface area contributed by atoms with Crippen molar-refractivity contribution >= 4 is 28.7 Å². The Balaban J connectivity index is 1.58. The van der Waals surface area contributed by atoms with Gasteiger partial charge in [-0.25, -0.2) is 9.59 Å². The van der Waals surface area contributed by atoms with Crippen LogP contribution >= 0.6 is 0 Å². The van der Waals surface area contributed by atoms with Gasteiger partial charge in [0.1, 0.15) is 11.3 Å². The lowest BCUT2D eigenvalue weighted by molar-refractivity contribution is -0.136. The van der Waals surface area contributed by atoms with Gasteiger partial charge in [-0.1, -0.05) is 24.3 Å². The van der Waals surface area contributed by atoms with Gasteiger partial charge < -0.3 is 24.0 Å². The van der Waals surface area contributed by atoms with E-state index in [2.05, 4.69) is 0 Å². The minimum atomic E-state index is -0.619. The molecule has 3 rings (SSSR count). The normalized spacial score (nSPS) is 13.9. The first-order valence-electron chi connectivity index (χ1n) is 9.47. The molecular weight excluding hydrogens is 376 g/mol. The van der Waals surface area contributed by atoms with Crippen LogP contribution in [0.1, 0.15) is 17.3 Å². The van der Waals surface area contributed by atoms with E-state index >= 15 is 0 Å². The number of benzene rings is 2. The number of methoxy groups -OCH3 is 1. The number of amides is 2. The predicted molar refractivity (Wildman–Crippen MR) is 106 cm³/mol. The molecule has 2 aromatic carbocycles. The first-order valence-corrected chi connectivity index (χ1v) is 9.47. The molecule has 0 bridgehead atoms. The van der Waals surface area contributed by atoms with Gasteiger partial charge in [0.2, 0.25) is 0 Å². The standard InChI is InChI=1S/C21H24N2O6/c1-3-28-21(26)23-10-8-22(9-11-23)19(24)14-29-20(25)17-12-15-6-4-5-7-16(15)13-18(17)27-2/h4-7,12-13H,3,8-11,14H2,1-2H3. The summed E-state index contributed by atoms with van der Waals surface area (Å²) in [5.74, 6) is -0.531. The van der Waals surface area contributed by atoms with E-state index in [1.165, 1.54) is 7.11 Å². The van der Waals surface area contributed by atoms with E-state index in [4.69, 9.17) is 14.2 Å². The van der Waals surface area contributed by atoms with Crippen LogP contribution in [0.5, 0.6) is 5.75 Å². The quantitative estimate of drug-likeness (QED) is 0.716. The molecule has 29 heavy (non-hydrogen) atoms. The minimum Gasteiger partial charge on any atom is -0.496 e. The van der Waals surface area contributed by atoms with Crippen LogP contribution in [-0.2, 0) is 14.3 Å². The third-order valence-electron chi connectivity index (χ3n) is 4.77. The molecule has 1 heterocycles. The number of rotatable bonds is 5. The first kappa shape index (κ1) is 20.4. The summed E-state index contributed by atoms with van der Waals surface area (Å²) in [6.07, 6.45) is -0.380. The fourth-order valence-electron chi connectivity index (χ4n) is 3.20. The summed E-state index contributed by atoms with van der Waals surface area (Å²) in [4.78, 5) is 39.8. The van der Waals surface area contributed by atoms with Crippen molar-refractivity contribution in [2.75, 3.05) is 46.5 Å². The van der Waals surface area contributed by atoms with E-state index in [9.17, 15) is 14.4 Å². The van der Waals surface area contributed by atoms with Gasteiger partial charge >= 0.3 is 12.1 Å². The summed E-state index contributed by atoms with van der Waals surface area (Å²) >= 11 is 0. The van der Waals surface area contributed by atoms with Crippen molar-refractivity contribution in [2.24, 2.45) is 0 Å². The van der Waals surface area contributed by atoms with Gasteiger partial charge in [-0.3, -0.25) is 4.79 Å². The maximum Gasteiger partial charge on any atom is 0.409 e. The zero-order chi connectivity index (χ0) is 20.8. The summed E-state index contributed by atoms with van der Waals surface area (Å²) in [7, 11) is 1.48. The fourth-order valence-corrected chi connectivity index (χ4v) is 3.20. The zero-order valence-corrected chi connectivity index (χ0v) is 16.6. The molecule has 0 unspecified atom stereocenters. The number of fused-ring (bicyclic) bond motifs is 1. The van der Waals surface area contributed by atoms with Gasteiger partial charge in [0.15, 0.2) is 6.61 Å². The van der Waals surface area contributed by atoms with Crippen LogP contribution in [0.15, 0.2) is 36.4 Å². The number of carbonyl (C=O) groups excluding carboxylic acids is 3. The monoisotopic (exact) mass is 400 g/mol. The number of esters is 1. The number of hydrogen-bond acceptors (Lipinski definition) is 6. The number of hydrogen-bond donors (Lipinski definition) is 0. The number of piperazine rings is 1. The zero-order valence-electron chi connectivity index (χ0n) is 16.6. The summed E-state index contributed by atoms with van der Waals surface area (Å²) < 4.78 is 15.5. The Morgan fingerprint density at radius 1 is 0.931 bits per heavy atom. The lowest BCUT2D eigenvalue weighted by Crippen LogP contribution is -2.51. The third kappa shape index (κ3) is 4.77. The van der Waals surface area contributed by atoms with Crippen LogP contribution in [0.25, 0.3) is 10.8 Å². The molecule has 0 aromatic heterocycles. The van der Waals surface area contributed by atoms with E-state index in [0.717, 1.165) is 10.8 Å². The molecule has 0 spiro atoms. The number of nitrogens with zero attached hydrogens (tertiary/aromatic N) is 2. The second kappa shape index (κ2) is 9.27. The Bertz CT molecular complexity index is 905. The smallest absolute Gasteiger partial charge is 0.409 e. The lowest BCUT2D eigenvalue weighted by atomic mass is 10.1. The van der Waals surface area contributed by atoms with Crippen molar-refractivity contribution in [2.45, 2.75) is 6.92 Å². The molecule has 8 nitrogen and oxygen atoms in total. The van der Waals surface area contributed by atoms with Gasteiger partial charge in [-0.05, 0) is 29.8 Å². The molecule has 2 amide bonds. The van der Waals surface area contributed by atoms with Crippen molar-refractivity contribution < 1.29 is 28.6 Å². The average Bonchev–Trinajstić information content (AvgIpc) is 2.76. The number of carbonyl (C=O) groups is 3. The molecule has 0 radical (unpaired) electrons. The van der Waals surface area contributed by atoms with Crippen LogP contribution in [0.2, 0.25) is 0 Å². The predicted octanol–water partition coefficient (Wildman–Crippen LogP) is 2.31. The highest BCUT2D eigenvalue weighted by molar-refractivity contribution is 5.99. The fraction of sp³-hybridized carbons (Fsp3) is 0.381. The van der Waals surface area contributed by atoms with Crippen molar-refractivity contribution in [1.29, 1.82) is 0 Å². The highest BCUT2D eigenvalue weighted by Crippen LogP contribution is 2.26. The Hall–Kier alpha value is -3.29. The van der Waals surface area contributed by atoms with Gasteiger partial charge in [-0.15, -0.1) is 0 Å². The maximum atomic E-state index is 12.5. The second-order valence-electron chi connectivity index (χ2n) is 6.54. The van der Waals surface area contributed by atoms with Crippen LogP contribution in [0.3, 0.4) is 0 Å². The van der Waals surface area contributed by atoms with E-state index in [-0.39, 0.29) is 24.2 Å². The lowest BCUT2D eigenvalue weighted by Gasteiger charge is -2.33. The molecule has 1 saturated heterocycles. The second-order valence-corrected chi connectivity index (χ2v) is 6.54. The first-order chi connectivity index (χ1) is 14.0. The van der Waals surface area contributed by atoms with Gasteiger partial charge in [0.05, 0.1) is 13.7 Å². The van der Waals surface area contributed by atoms with E-state index < -0.39 is 5.97 Å². The van der Waals surface area contributed by atoms with Crippen LogP contribution in [0, 0.1) is 0 Å². The average molecular weight is 400 g/mol. The van der Waals surface area contributed by atoms with Gasteiger partial charge in [0, 0.05) is 26.2 Å². The van der Waals surface area contributed by atoms with E-state index in [1.54, 1.807) is 28.9 Å². The molecule has 0 aliphatic carbocycles. The largest absolute Gasteiger partial charge is 0.496 e. The van der Waals surface area contributed by atoms with E-state index in [0.29, 0.717) is 38.5 Å². The molecule has 8 heteroatoms. The van der Waals surface area contributed by atoms with Gasteiger partial charge in [-0.2, -0.15) is 0 Å². The SMILES string of the molecule is CCOC(=O)N1CCN(C(=O)COC(=O)c2cc3ccccc3cc2OC)CC1. The van der Waals surface area contributed by atoms with E-state index in [1.807, 2.05) is 24.3 Å². The molecule has 1 aliphatic heterocycles. The number of ether oxygens (including phenoxy) is 3. The molecule has 0 atom stereocenters. The summed E-state index contributed by atoms with van der Waals surface area (Å²) in [5.41, 5.74) is 0.270. The van der Waals surface area contributed by atoms with Crippen LogP contribution < -0.4 is 4.74 Å². The van der Waals surface area contributed by atoms with Crippen molar-refractivity contribution in [1.82, 2.24) is 9.80 Å². The molecule has 2 aromatic rings. The third-order valence-corrected chi connectivity index (χ3v) is 4.77. The summed E-state index contributed by atoms with van der Waals surface area (Å²) in [5, 5.41) is 1.82. The molecule has 1 aliphatic rings. The molecule has 1 fully saturated rings. The molecular formula is C21H24N2O6. The topological polar surface area (TPSA) is 85.4 Å². The van der Waals surface area contributed by atoms with Gasteiger partial charge in [0.25, 0.3) is 5.91 Å². The highest BCUT2D eigenvalue weighted by atomic mass is 16.6. The molecule has 154 valence electrons. The van der Waals surface area contributed by atoms with Crippen molar-refractivity contribution in [3.05, 3.63) is 42.0 Å². The molecule has 0 N–H and O–H groups in total. The van der Waals surface area contributed by atoms with Crippen LogP contribution in [-0.4, -0.2) is 74.3 Å². The van der Waals surface area contributed by atoms with Crippen LogP contribution in [0.4, 0.5) is 4.79 Å². The Morgan fingerprint density at radius 3 is 2.17 bits per heavy atom. The maximum absolute atomic E-state index is 12.5. The molecule has 0 saturated carbocycles. The minimum absolute atomic E-state index is 0.270. The Kier molecular flexibility index (Phi) is 6.54. The summed E-state index contributed by atoms with van der Waals surface area (Å²) in [6.45, 7) is 3.20. The Morgan fingerprint density at radius 2 is 1.55 bits per heavy atom. The summed E-state index contributed by atoms with van der Waals surface area (Å²) in [6, 6.07) is 11.1.